The Hall–Kier alpha value is -2.29. The minimum absolute atomic E-state index is 0. The number of likely N-dealkylation sites (tertiary alicyclic amines) is 1. The van der Waals surface area contributed by atoms with Crippen molar-refractivity contribution < 1.29 is 9.53 Å². The van der Waals surface area contributed by atoms with E-state index >= 15 is 0 Å². The maximum Gasteiger partial charge on any atom is 0.222 e. The van der Waals surface area contributed by atoms with Crippen molar-refractivity contribution in [3.63, 3.8) is 0 Å². The van der Waals surface area contributed by atoms with Crippen molar-refractivity contribution in [2.45, 2.75) is 45.4 Å². The highest BCUT2D eigenvalue weighted by Crippen LogP contribution is 2.27. The number of guanidine groups is 1. The predicted octanol–water partition coefficient (Wildman–Crippen LogP) is 3.49. The van der Waals surface area contributed by atoms with E-state index in [-0.39, 0.29) is 36.0 Å². The normalized spacial score (nSPS) is 17.7. The lowest BCUT2D eigenvalue weighted by molar-refractivity contribution is -0.128. The van der Waals surface area contributed by atoms with E-state index in [9.17, 15) is 4.79 Å². The molecule has 2 aliphatic heterocycles. The molecule has 0 aromatic heterocycles. The Bertz CT molecular complexity index is 876. The van der Waals surface area contributed by atoms with E-state index in [1.54, 1.807) is 0 Å². The number of carbonyl (C=O) groups excluding carboxylic acids is 1. The Morgan fingerprint density at radius 2 is 1.90 bits per heavy atom. The van der Waals surface area contributed by atoms with Gasteiger partial charge in [-0.15, -0.1) is 24.0 Å². The fourth-order valence-corrected chi connectivity index (χ4v) is 3.93. The third-order valence-electron chi connectivity index (χ3n) is 5.54. The molecular weight excluding hydrogens is 503 g/mol. The van der Waals surface area contributed by atoms with Gasteiger partial charge in [0.05, 0.1) is 13.1 Å². The average Bonchev–Trinajstić information content (AvgIpc) is 3.36. The third kappa shape index (κ3) is 6.35. The number of amides is 1. The van der Waals surface area contributed by atoms with Gasteiger partial charge in [-0.3, -0.25) is 4.79 Å². The molecule has 166 valence electrons. The summed E-state index contributed by atoms with van der Waals surface area (Å²) in [6.07, 6.45) is 2.71. The number of carbonyl (C=O) groups is 1. The lowest BCUT2D eigenvalue weighted by atomic mass is 10.1. The second-order valence-electron chi connectivity index (χ2n) is 7.86. The second kappa shape index (κ2) is 11.4. The lowest BCUT2D eigenvalue weighted by Gasteiger charge is -2.16. The minimum atomic E-state index is 0. The number of halogens is 1. The summed E-state index contributed by atoms with van der Waals surface area (Å²) >= 11 is 0. The van der Waals surface area contributed by atoms with Gasteiger partial charge in [-0.2, -0.15) is 0 Å². The van der Waals surface area contributed by atoms with Crippen LogP contribution in [0.5, 0.6) is 5.75 Å². The fraction of sp³-hybridized carbons (Fsp3) is 0.417. The van der Waals surface area contributed by atoms with Gasteiger partial charge >= 0.3 is 0 Å². The smallest absolute Gasteiger partial charge is 0.222 e. The topological polar surface area (TPSA) is 66.0 Å². The molecule has 2 N–H and O–H groups in total. The van der Waals surface area contributed by atoms with Crippen molar-refractivity contribution in [1.29, 1.82) is 0 Å². The number of ether oxygens (including phenoxy) is 1. The molecule has 0 saturated carbocycles. The SMILES string of the molecule is CCNC(=NCc1ccc(CN2CCCC2=O)cc1)NCC1Cc2ccccc2O1.I. The predicted molar refractivity (Wildman–Crippen MR) is 134 cm³/mol. The first-order valence-electron chi connectivity index (χ1n) is 10.8. The van der Waals surface area contributed by atoms with Crippen LogP contribution in [0.25, 0.3) is 0 Å². The van der Waals surface area contributed by atoms with E-state index in [0.717, 1.165) is 43.2 Å². The van der Waals surface area contributed by atoms with E-state index in [1.165, 1.54) is 11.1 Å². The number of nitrogens with zero attached hydrogens (tertiary/aromatic N) is 2. The average molecular weight is 534 g/mol. The molecule has 2 aliphatic rings. The summed E-state index contributed by atoms with van der Waals surface area (Å²) < 4.78 is 6.00. The summed E-state index contributed by atoms with van der Waals surface area (Å²) in [6, 6.07) is 16.6. The van der Waals surface area contributed by atoms with Crippen molar-refractivity contribution in [3.05, 3.63) is 65.2 Å². The summed E-state index contributed by atoms with van der Waals surface area (Å²) in [7, 11) is 0. The van der Waals surface area contributed by atoms with Crippen LogP contribution >= 0.6 is 24.0 Å². The number of para-hydroxylation sites is 1. The number of aliphatic imine (C=N–C) groups is 1. The molecule has 1 amide bonds. The largest absolute Gasteiger partial charge is 0.488 e. The second-order valence-corrected chi connectivity index (χ2v) is 7.86. The highest BCUT2D eigenvalue weighted by Gasteiger charge is 2.22. The van der Waals surface area contributed by atoms with E-state index in [1.807, 2.05) is 17.0 Å². The van der Waals surface area contributed by atoms with Crippen LogP contribution in [0.3, 0.4) is 0 Å². The van der Waals surface area contributed by atoms with Crippen molar-refractivity contribution in [3.8, 4) is 5.75 Å². The Labute approximate surface area is 201 Å². The van der Waals surface area contributed by atoms with Gasteiger partial charge in [0.15, 0.2) is 5.96 Å². The highest BCUT2D eigenvalue weighted by atomic mass is 127. The van der Waals surface area contributed by atoms with Crippen LogP contribution in [0, 0.1) is 0 Å². The van der Waals surface area contributed by atoms with Crippen LogP contribution in [0.2, 0.25) is 0 Å². The monoisotopic (exact) mass is 534 g/mol. The van der Waals surface area contributed by atoms with Crippen LogP contribution in [0.4, 0.5) is 0 Å². The zero-order valence-electron chi connectivity index (χ0n) is 18.0. The first kappa shape index (κ1) is 23.4. The quantitative estimate of drug-likeness (QED) is 0.325. The van der Waals surface area contributed by atoms with Gasteiger partial charge in [0, 0.05) is 32.5 Å². The molecule has 2 aromatic carbocycles. The van der Waals surface area contributed by atoms with E-state index in [2.05, 4.69) is 54.0 Å². The Morgan fingerprint density at radius 1 is 1.13 bits per heavy atom. The standard InChI is InChI=1S/C24H30N4O2.HI/c1-2-25-24(27-16-21-14-20-6-3-4-7-22(20)30-21)26-15-18-9-11-19(12-10-18)17-28-13-5-8-23(28)29;/h3-4,6-7,9-12,21H,2,5,8,13-17H2,1H3,(H2,25,26,27);1H. The van der Waals surface area contributed by atoms with Gasteiger partial charge < -0.3 is 20.3 Å². The van der Waals surface area contributed by atoms with Gasteiger partial charge in [-0.1, -0.05) is 42.5 Å². The van der Waals surface area contributed by atoms with Crippen LogP contribution in [-0.2, 0) is 24.3 Å². The molecule has 0 aliphatic carbocycles. The summed E-state index contributed by atoms with van der Waals surface area (Å²) in [6.45, 7) is 5.76. The number of hydrogen-bond donors (Lipinski definition) is 2. The van der Waals surface area contributed by atoms with E-state index < -0.39 is 0 Å². The maximum atomic E-state index is 11.8. The molecule has 2 aromatic rings. The fourth-order valence-electron chi connectivity index (χ4n) is 3.93. The molecule has 1 atom stereocenters. The number of hydrogen-bond acceptors (Lipinski definition) is 3. The molecule has 1 saturated heterocycles. The molecular formula is C24H31IN4O2. The van der Waals surface area contributed by atoms with Crippen LogP contribution in [0.15, 0.2) is 53.5 Å². The summed E-state index contributed by atoms with van der Waals surface area (Å²) in [5, 5.41) is 6.70. The Morgan fingerprint density at radius 3 is 2.61 bits per heavy atom. The lowest BCUT2D eigenvalue weighted by Crippen LogP contribution is -2.42. The van der Waals surface area contributed by atoms with Crippen molar-refractivity contribution in [2.75, 3.05) is 19.6 Å². The third-order valence-corrected chi connectivity index (χ3v) is 5.54. The van der Waals surface area contributed by atoms with Crippen molar-refractivity contribution in [1.82, 2.24) is 15.5 Å². The van der Waals surface area contributed by atoms with Crippen LogP contribution in [-0.4, -0.2) is 42.5 Å². The molecule has 2 heterocycles. The molecule has 6 nitrogen and oxygen atoms in total. The summed E-state index contributed by atoms with van der Waals surface area (Å²) in [4.78, 5) is 18.4. The van der Waals surface area contributed by atoms with Crippen molar-refractivity contribution >= 4 is 35.8 Å². The Balaban J connectivity index is 0.00000272. The minimum Gasteiger partial charge on any atom is -0.488 e. The molecule has 7 heteroatoms. The van der Waals surface area contributed by atoms with Crippen LogP contribution in [0.1, 0.15) is 36.5 Å². The van der Waals surface area contributed by atoms with Gasteiger partial charge in [-0.05, 0) is 36.1 Å². The first-order valence-corrected chi connectivity index (χ1v) is 10.8. The van der Waals surface area contributed by atoms with Gasteiger partial charge in [-0.25, -0.2) is 4.99 Å². The zero-order valence-corrected chi connectivity index (χ0v) is 20.3. The van der Waals surface area contributed by atoms with E-state index in [0.29, 0.717) is 26.1 Å². The molecule has 0 radical (unpaired) electrons. The number of nitrogens with one attached hydrogen (secondary N) is 2. The molecule has 4 rings (SSSR count). The molecule has 1 unspecified atom stereocenters. The van der Waals surface area contributed by atoms with Gasteiger partial charge in [0.25, 0.3) is 0 Å². The maximum absolute atomic E-state index is 11.8. The number of rotatable bonds is 7. The molecule has 0 bridgehead atoms. The van der Waals surface area contributed by atoms with Gasteiger partial charge in [0.1, 0.15) is 11.9 Å². The van der Waals surface area contributed by atoms with Gasteiger partial charge in [0.2, 0.25) is 5.91 Å². The molecule has 0 spiro atoms. The van der Waals surface area contributed by atoms with E-state index in [4.69, 9.17) is 9.73 Å². The summed E-state index contributed by atoms with van der Waals surface area (Å²) in [5.74, 6) is 2.05. The molecule has 31 heavy (non-hydrogen) atoms. The van der Waals surface area contributed by atoms with Crippen molar-refractivity contribution in [2.24, 2.45) is 4.99 Å². The highest BCUT2D eigenvalue weighted by molar-refractivity contribution is 14.0. The first-order chi connectivity index (χ1) is 14.7. The zero-order chi connectivity index (χ0) is 20.8. The Kier molecular flexibility index (Phi) is 8.57. The van der Waals surface area contributed by atoms with Crippen LogP contribution < -0.4 is 15.4 Å². The number of benzene rings is 2. The number of fused-ring (bicyclic) bond motifs is 1. The molecule has 1 fully saturated rings. The summed E-state index contributed by atoms with van der Waals surface area (Å²) in [5.41, 5.74) is 3.58.